The molecule has 0 bridgehead atoms. The highest BCUT2D eigenvalue weighted by Gasteiger charge is 2.35. The van der Waals surface area contributed by atoms with E-state index < -0.39 is 0 Å². The van der Waals surface area contributed by atoms with Crippen molar-refractivity contribution in [3.05, 3.63) is 54.5 Å². The Hall–Kier alpha value is -2.60. The van der Waals surface area contributed by atoms with E-state index in [-0.39, 0.29) is 17.9 Å². The molecule has 126 valence electrons. The highest BCUT2D eigenvalue weighted by atomic mass is 16.5. The number of rotatable bonds is 6. The SMILES string of the molecule is C=COC(=C)CNc1cccc2c1CN(C1CCC(=O)NC1=O)C2. The van der Waals surface area contributed by atoms with E-state index in [2.05, 4.69) is 34.8 Å². The summed E-state index contributed by atoms with van der Waals surface area (Å²) in [5.41, 5.74) is 3.38. The van der Waals surface area contributed by atoms with Gasteiger partial charge in [0.05, 0.1) is 18.8 Å². The lowest BCUT2D eigenvalue weighted by atomic mass is 10.0. The fourth-order valence-corrected chi connectivity index (χ4v) is 3.22. The van der Waals surface area contributed by atoms with Gasteiger partial charge in [-0.25, -0.2) is 0 Å². The number of nitrogens with zero attached hydrogens (tertiary/aromatic N) is 1. The van der Waals surface area contributed by atoms with Crippen molar-refractivity contribution < 1.29 is 14.3 Å². The van der Waals surface area contributed by atoms with E-state index in [9.17, 15) is 9.59 Å². The number of carbonyl (C=O) groups is 2. The summed E-state index contributed by atoms with van der Waals surface area (Å²) in [6.07, 6.45) is 2.32. The predicted octanol–water partition coefficient (Wildman–Crippen LogP) is 1.89. The van der Waals surface area contributed by atoms with Crippen LogP contribution in [0.25, 0.3) is 0 Å². The van der Waals surface area contributed by atoms with Gasteiger partial charge >= 0.3 is 0 Å². The number of nitrogens with one attached hydrogen (secondary N) is 2. The summed E-state index contributed by atoms with van der Waals surface area (Å²) < 4.78 is 5.14. The van der Waals surface area contributed by atoms with Crippen molar-refractivity contribution >= 4 is 17.5 Å². The number of ether oxygens (including phenoxy) is 1. The smallest absolute Gasteiger partial charge is 0.243 e. The van der Waals surface area contributed by atoms with Crippen molar-refractivity contribution in [3.8, 4) is 0 Å². The van der Waals surface area contributed by atoms with E-state index in [4.69, 9.17) is 4.74 Å². The first-order chi connectivity index (χ1) is 11.6. The second-order valence-corrected chi connectivity index (χ2v) is 5.99. The van der Waals surface area contributed by atoms with Crippen LogP contribution in [0.1, 0.15) is 24.0 Å². The Kier molecular flexibility index (Phi) is 4.66. The first-order valence-electron chi connectivity index (χ1n) is 7.96. The van der Waals surface area contributed by atoms with Gasteiger partial charge in [-0.05, 0) is 23.6 Å². The Morgan fingerprint density at radius 2 is 2.25 bits per heavy atom. The molecule has 1 saturated heterocycles. The van der Waals surface area contributed by atoms with Crippen molar-refractivity contribution in [2.45, 2.75) is 32.0 Å². The van der Waals surface area contributed by atoms with Gasteiger partial charge in [0.2, 0.25) is 11.8 Å². The van der Waals surface area contributed by atoms with Gasteiger partial charge in [0.25, 0.3) is 0 Å². The summed E-state index contributed by atoms with van der Waals surface area (Å²) in [5, 5.41) is 5.75. The number of piperidine rings is 1. The minimum Gasteiger partial charge on any atom is -0.469 e. The van der Waals surface area contributed by atoms with Crippen LogP contribution in [0.3, 0.4) is 0 Å². The first kappa shape index (κ1) is 16.3. The molecule has 2 aliphatic heterocycles. The Labute approximate surface area is 141 Å². The molecule has 1 unspecified atom stereocenters. The summed E-state index contributed by atoms with van der Waals surface area (Å²) in [5.74, 6) is 0.208. The standard InChI is InChI=1S/C18H21N3O3/c1-3-24-12(2)9-19-15-6-4-5-13-10-21(11-14(13)15)16-7-8-17(22)20-18(16)23/h3-6,16,19H,1-2,7-11H2,(H,20,22,23). The second kappa shape index (κ2) is 6.88. The van der Waals surface area contributed by atoms with Crippen molar-refractivity contribution in [1.29, 1.82) is 0 Å². The van der Waals surface area contributed by atoms with E-state index in [1.54, 1.807) is 0 Å². The van der Waals surface area contributed by atoms with Crippen LogP contribution in [0.15, 0.2) is 43.4 Å². The molecule has 6 nitrogen and oxygen atoms in total. The molecule has 24 heavy (non-hydrogen) atoms. The van der Waals surface area contributed by atoms with Crippen molar-refractivity contribution in [2.24, 2.45) is 0 Å². The number of imide groups is 1. The lowest BCUT2D eigenvalue weighted by molar-refractivity contribution is -0.137. The molecule has 2 amide bonds. The topological polar surface area (TPSA) is 70.7 Å². The third-order valence-corrected chi connectivity index (χ3v) is 4.38. The number of carbonyl (C=O) groups excluding carboxylic acids is 2. The molecule has 1 aromatic rings. The lowest BCUT2D eigenvalue weighted by Crippen LogP contribution is -2.50. The molecular weight excluding hydrogens is 306 g/mol. The normalized spacial score (nSPS) is 20.2. The van der Waals surface area contributed by atoms with Gasteiger partial charge in [-0.2, -0.15) is 0 Å². The highest BCUT2D eigenvalue weighted by Crippen LogP contribution is 2.32. The van der Waals surface area contributed by atoms with Crippen LogP contribution in [-0.4, -0.2) is 29.3 Å². The summed E-state index contributed by atoms with van der Waals surface area (Å²) in [4.78, 5) is 25.5. The maximum absolute atomic E-state index is 12.1. The molecule has 0 aromatic heterocycles. The molecular formula is C18H21N3O3. The summed E-state index contributed by atoms with van der Waals surface area (Å²) in [6, 6.07) is 5.82. The van der Waals surface area contributed by atoms with Gasteiger partial charge in [0.15, 0.2) is 0 Å². The molecule has 0 radical (unpaired) electrons. The number of benzene rings is 1. The van der Waals surface area contributed by atoms with Crippen LogP contribution in [0.4, 0.5) is 5.69 Å². The molecule has 0 aliphatic carbocycles. The molecule has 0 spiro atoms. The zero-order valence-corrected chi connectivity index (χ0v) is 13.5. The molecule has 1 atom stereocenters. The summed E-state index contributed by atoms with van der Waals surface area (Å²) in [7, 11) is 0. The molecule has 2 heterocycles. The molecule has 2 aliphatic rings. The summed E-state index contributed by atoms with van der Waals surface area (Å²) in [6.45, 7) is 9.19. The molecule has 6 heteroatoms. The number of anilines is 1. The van der Waals surface area contributed by atoms with Crippen LogP contribution in [0.2, 0.25) is 0 Å². The zero-order valence-electron chi connectivity index (χ0n) is 13.5. The van der Waals surface area contributed by atoms with Crippen molar-refractivity contribution in [1.82, 2.24) is 10.2 Å². The molecule has 1 fully saturated rings. The Morgan fingerprint density at radius 1 is 1.42 bits per heavy atom. The van der Waals surface area contributed by atoms with Crippen LogP contribution in [0.5, 0.6) is 0 Å². The van der Waals surface area contributed by atoms with Crippen LogP contribution >= 0.6 is 0 Å². The zero-order chi connectivity index (χ0) is 17.1. The van der Waals surface area contributed by atoms with Gasteiger partial charge < -0.3 is 10.1 Å². The Bertz CT molecular complexity index is 699. The van der Waals surface area contributed by atoms with Crippen molar-refractivity contribution in [2.75, 3.05) is 11.9 Å². The monoisotopic (exact) mass is 327 g/mol. The Morgan fingerprint density at radius 3 is 3.00 bits per heavy atom. The van der Waals surface area contributed by atoms with Gasteiger partial charge in [0, 0.05) is 25.2 Å². The van der Waals surface area contributed by atoms with Crippen LogP contribution < -0.4 is 10.6 Å². The minimum atomic E-state index is -0.248. The van der Waals surface area contributed by atoms with Crippen LogP contribution in [0, 0.1) is 0 Å². The number of hydrogen-bond acceptors (Lipinski definition) is 5. The quantitative estimate of drug-likeness (QED) is 0.617. The fraction of sp³-hybridized carbons (Fsp3) is 0.333. The van der Waals surface area contributed by atoms with Gasteiger partial charge in [-0.3, -0.25) is 19.8 Å². The van der Waals surface area contributed by atoms with E-state index >= 15 is 0 Å². The molecule has 0 saturated carbocycles. The number of fused-ring (bicyclic) bond motifs is 1. The molecule has 3 rings (SSSR count). The predicted molar refractivity (Wildman–Crippen MR) is 90.8 cm³/mol. The number of hydrogen-bond donors (Lipinski definition) is 2. The third-order valence-electron chi connectivity index (χ3n) is 4.38. The van der Waals surface area contributed by atoms with Gasteiger partial charge in [-0.15, -0.1) is 0 Å². The lowest BCUT2D eigenvalue weighted by Gasteiger charge is -2.29. The maximum atomic E-state index is 12.1. The van der Waals surface area contributed by atoms with E-state index in [1.165, 1.54) is 17.4 Å². The first-order valence-corrected chi connectivity index (χ1v) is 7.96. The second-order valence-electron chi connectivity index (χ2n) is 5.99. The van der Waals surface area contributed by atoms with E-state index in [0.717, 1.165) is 5.69 Å². The van der Waals surface area contributed by atoms with E-state index in [1.807, 2.05) is 12.1 Å². The maximum Gasteiger partial charge on any atom is 0.243 e. The fourth-order valence-electron chi connectivity index (χ4n) is 3.22. The average molecular weight is 327 g/mol. The average Bonchev–Trinajstić information content (AvgIpc) is 2.97. The van der Waals surface area contributed by atoms with Crippen molar-refractivity contribution in [3.63, 3.8) is 0 Å². The van der Waals surface area contributed by atoms with Crippen LogP contribution in [-0.2, 0) is 27.4 Å². The molecule has 2 N–H and O–H groups in total. The van der Waals surface area contributed by atoms with Gasteiger partial charge in [-0.1, -0.05) is 25.3 Å². The molecule has 1 aromatic carbocycles. The summed E-state index contributed by atoms with van der Waals surface area (Å²) >= 11 is 0. The third kappa shape index (κ3) is 3.33. The largest absolute Gasteiger partial charge is 0.469 e. The Balaban J connectivity index is 1.69. The highest BCUT2D eigenvalue weighted by molar-refractivity contribution is 6.00. The van der Waals surface area contributed by atoms with Gasteiger partial charge in [0.1, 0.15) is 5.76 Å². The number of amides is 2. The van der Waals surface area contributed by atoms with E-state index in [0.29, 0.717) is 38.2 Å². The minimum absolute atomic E-state index is 0.184.